The lowest BCUT2D eigenvalue weighted by molar-refractivity contribution is 0.355. The van der Waals surface area contributed by atoms with Gasteiger partial charge < -0.3 is 9.47 Å². The summed E-state index contributed by atoms with van der Waals surface area (Å²) in [4.78, 5) is 4.60. The molecule has 0 saturated heterocycles. The van der Waals surface area contributed by atoms with Crippen molar-refractivity contribution in [3.63, 3.8) is 0 Å². The summed E-state index contributed by atoms with van der Waals surface area (Å²) >= 11 is 4.28. The molecule has 0 unspecified atom stereocenters. The molecular formula is C15H17NO2S. The summed E-state index contributed by atoms with van der Waals surface area (Å²) < 4.78 is 10.5. The van der Waals surface area contributed by atoms with E-state index in [9.17, 15) is 0 Å². The number of aromatic nitrogens is 1. The van der Waals surface area contributed by atoms with Gasteiger partial charge in [0.05, 0.1) is 19.9 Å². The molecule has 0 saturated carbocycles. The second-order valence-corrected chi connectivity index (χ2v) is 4.49. The van der Waals surface area contributed by atoms with E-state index in [0.29, 0.717) is 11.5 Å². The molecule has 0 aliphatic carbocycles. The van der Waals surface area contributed by atoms with Gasteiger partial charge in [-0.1, -0.05) is 6.07 Å². The summed E-state index contributed by atoms with van der Waals surface area (Å²) in [5.41, 5.74) is 4.07. The molecule has 3 nitrogen and oxygen atoms in total. The minimum atomic E-state index is 0.699. The van der Waals surface area contributed by atoms with Crippen LogP contribution in [0.3, 0.4) is 0 Å². The van der Waals surface area contributed by atoms with E-state index in [2.05, 4.69) is 23.7 Å². The zero-order valence-corrected chi connectivity index (χ0v) is 12.2. The Hall–Kier alpha value is -1.68. The predicted molar refractivity (Wildman–Crippen MR) is 80.2 cm³/mol. The van der Waals surface area contributed by atoms with Crippen molar-refractivity contribution in [3.8, 4) is 22.8 Å². The first-order valence-electron chi connectivity index (χ1n) is 5.99. The molecule has 19 heavy (non-hydrogen) atoms. The quantitative estimate of drug-likeness (QED) is 0.866. The van der Waals surface area contributed by atoms with Gasteiger partial charge in [0.1, 0.15) is 0 Å². The van der Waals surface area contributed by atoms with Crippen molar-refractivity contribution < 1.29 is 9.47 Å². The van der Waals surface area contributed by atoms with Crippen LogP contribution in [0, 0.1) is 6.92 Å². The van der Waals surface area contributed by atoms with Crippen LogP contribution in [0.2, 0.25) is 0 Å². The van der Waals surface area contributed by atoms with Crippen LogP contribution in [-0.4, -0.2) is 19.2 Å². The minimum Gasteiger partial charge on any atom is -0.493 e. The molecule has 1 aromatic carbocycles. The molecule has 1 heterocycles. The molecule has 2 rings (SSSR count). The zero-order chi connectivity index (χ0) is 13.8. The lowest BCUT2D eigenvalue weighted by atomic mass is 10.1. The van der Waals surface area contributed by atoms with Gasteiger partial charge in [-0.2, -0.15) is 12.6 Å². The number of ether oxygens (including phenoxy) is 2. The van der Waals surface area contributed by atoms with Crippen molar-refractivity contribution in [2.24, 2.45) is 0 Å². The molecule has 100 valence electrons. The lowest BCUT2D eigenvalue weighted by Gasteiger charge is -2.10. The third-order valence-electron chi connectivity index (χ3n) is 3.04. The van der Waals surface area contributed by atoms with E-state index in [1.54, 1.807) is 14.2 Å². The van der Waals surface area contributed by atoms with E-state index in [0.717, 1.165) is 28.3 Å². The summed E-state index contributed by atoms with van der Waals surface area (Å²) in [6.07, 6.45) is 0. The summed E-state index contributed by atoms with van der Waals surface area (Å²) in [5, 5.41) is 0. The molecule has 0 spiro atoms. The van der Waals surface area contributed by atoms with Gasteiger partial charge in [-0.05, 0) is 36.8 Å². The topological polar surface area (TPSA) is 31.4 Å². The van der Waals surface area contributed by atoms with Crippen molar-refractivity contribution in [1.82, 2.24) is 4.98 Å². The van der Waals surface area contributed by atoms with Gasteiger partial charge in [-0.15, -0.1) is 0 Å². The van der Waals surface area contributed by atoms with E-state index in [1.165, 1.54) is 0 Å². The van der Waals surface area contributed by atoms with E-state index < -0.39 is 0 Å². The average Bonchev–Trinajstić information content (AvgIpc) is 2.46. The van der Waals surface area contributed by atoms with Gasteiger partial charge in [0.2, 0.25) is 0 Å². The van der Waals surface area contributed by atoms with Crippen molar-refractivity contribution in [1.29, 1.82) is 0 Å². The van der Waals surface area contributed by atoms with Crippen LogP contribution in [0.25, 0.3) is 11.3 Å². The van der Waals surface area contributed by atoms with E-state index in [1.807, 2.05) is 31.2 Å². The van der Waals surface area contributed by atoms with Crippen LogP contribution in [0.5, 0.6) is 11.5 Å². The Morgan fingerprint density at radius 2 is 1.79 bits per heavy atom. The second-order valence-electron chi connectivity index (χ2n) is 4.17. The maximum absolute atomic E-state index is 5.31. The van der Waals surface area contributed by atoms with Crippen molar-refractivity contribution in [2.45, 2.75) is 12.7 Å². The Balaban J connectivity index is 2.44. The number of rotatable bonds is 4. The maximum Gasteiger partial charge on any atom is 0.161 e. The van der Waals surface area contributed by atoms with E-state index in [-0.39, 0.29) is 0 Å². The van der Waals surface area contributed by atoms with Crippen LogP contribution in [0.1, 0.15) is 11.3 Å². The second kappa shape index (κ2) is 5.97. The smallest absolute Gasteiger partial charge is 0.161 e. The third-order valence-corrected chi connectivity index (χ3v) is 3.39. The van der Waals surface area contributed by atoms with Crippen LogP contribution in [0.4, 0.5) is 0 Å². The van der Waals surface area contributed by atoms with Gasteiger partial charge in [0, 0.05) is 17.0 Å². The Bertz CT molecular complexity index is 584. The number of pyridine rings is 1. The highest BCUT2D eigenvalue weighted by Crippen LogP contribution is 2.31. The molecule has 0 bridgehead atoms. The number of benzene rings is 1. The van der Waals surface area contributed by atoms with Gasteiger partial charge >= 0.3 is 0 Å². The number of thiol groups is 1. The zero-order valence-electron chi connectivity index (χ0n) is 11.3. The largest absolute Gasteiger partial charge is 0.493 e. The average molecular weight is 275 g/mol. The highest BCUT2D eigenvalue weighted by atomic mass is 32.1. The van der Waals surface area contributed by atoms with E-state index in [4.69, 9.17) is 9.47 Å². The Morgan fingerprint density at radius 1 is 1.05 bits per heavy atom. The molecule has 0 atom stereocenters. The number of hydrogen-bond donors (Lipinski definition) is 1. The summed E-state index contributed by atoms with van der Waals surface area (Å²) in [5.74, 6) is 2.12. The number of methoxy groups -OCH3 is 2. The summed E-state index contributed by atoms with van der Waals surface area (Å²) in [6.45, 7) is 2.00. The fourth-order valence-corrected chi connectivity index (χ4v) is 2.25. The van der Waals surface area contributed by atoms with Crippen LogP contribution < -0.4 is 9.47 Å². The fraction of sp³-hybridized carbons (Fsp3) is 0.267. The molecule has 2 aromatic rings. The number of hydrogen-bond acceptors (Lipinski definition) is 4. The van der Waals surface area contributed by atoms with Gasteiger partial charge in [-0.25, -0.2) is 0 Å². The van der Waals surface area contributed by atoms with Crippen LogP contribution in [0.15, 0.2) is 30.3 Å². The molecule has 0 aliphatic rings. The number of nitrogens with zero attached hydrogens (tertiary/aromatic N) is 1. The molecule has 0 radical (unpaired) electrons. The van der Waals surface area contributed by atoms with Crippen LogP contribution >= 0.6 is 12.6 Å². The van der Waals surface area contributed by atoms with Gasteiger partial charge in [0.25, 0.3) is 0 Å². The first-order valence-corrected chi connectivity index (χ1v) is 6.62. The van der Waals surface area contributed by atoms with Gasteiger partial charge in [-0.3, -0.25) is 4.98 Å². The lowest BCUT2D eigenvalue weighted by Crippen LogP contribution is -1.94. The maximum atomic E-state index is 5.31. The highest BCUT2D eigenvalue weighted by Gasteiger charge is 2.08. The molecule has 0 aliphatic heterocycles. The first kappa shape index (κ1) is 13.7. The number of aryl methyl sites for hydroxylation is 1. The van der Waals surface area contributed by atoms with E-state index >= 15 is 0 Å². The molecule has 0 amide bonds. The fourth-order valence-electron chi connectivity index (χ4n) is 1.91. The predicted octanol–water partition coefficient (Wildman–Crippen LogP) is 3.50. The summed E-state index contributed by atoms with van der Waals surface area (Å²) in [7, 11) is 3.26. The van der Waals surface area contributed by atoms with Crippen molar-refractivity contribution in [3.05, 3.63) is 41.6 Å². The molecule has 4 heteroatoms. The molecule has 0 fully saturated rings. The first-order chi connectivity index (χ1) is 9.19. The van der Waals surface area contributed by atoms with Crippen molar-refractivity contribution in [2.75, 3.05) is 14.2 Å². The molecular weight excluding hydrogens is 258 g/mol. The monoisotopic (exact) mass is 275 g/mol. The van der Waals surface area contributed by atoms with Crippen molar-refractivity contribution >= 4 is 12.6 Å². The Morgan fingerprint density at radius 3 is 2.37 bits per heavy atom. The summed E-state index contributed by atoms with van der Waals surface area (Å²) in [6, 6.07) is 9.85. The Labute approximate surface area is 119 Å². The third kappa shape index (κ3) is 2.84. The Kier molecular flexibility index (Phi) is 4.32. The normalized spacial score (nSPS) is 10.3. The molecule has 1 aromatic heterocycles. The minimum absolute atomic E-state index is 0.699. The SMILES string of the molecule is COc1ccc(-c2ccc(CS)c(C)n2)cc1OC. The highest BCUT2D eigenvalue weighted by molar-refractivity contribution is 7.79. The standard InChI is InChI=1S/C15H17NO2S/c1-10-12(9-19)4-6-13(16-10)11-5-7-14(17-2)15(8-11)18-3/h4-8,19H,9H2,1-3H3. The molecule has 0 N–H and O–H groups in total. The van der Waals surface area contributed by atoms with Gasteiger partial charge in [0.15, 0.2) is 11.5 Å². The van der Waals surface area contributed by atoms with Crippen LogP contribution in [-0.2, 0) is 5.75 Å².